The molecule has 92 valence electrons. The second-order valence-electron chi connectivity index (χ2n) is 3.21. The maximum absolute atomic E-state index is 8.82. The number of rotatable bonds is 5. The summed E-state index contributed by atoms with van der Waals surface area (Å²) in [5.41, 5.74) is 0.891. The Morgan fingerprint density at radius 2 is 1.89 bits per heavy atom. The lowest BCUT2D eigenvalue weighted by atomic mass is 10.3. The van der Waals surface area contributed by atoms with E-state index in [0.717, 1.165) is 11.4 Å². The predicted molar refractivity (Wildman–Crippen MR) is 73.0 cm³/mol. The van der Waals surface area contributed by atoms with Gasteiger partial charge in [0, 0.05) is 5.69 Å². The molecule has 0 heterocycles. The number of thioether (sulfide) groups is 1. The van der Waals surface area contributed by atoms with Crippen LogP contribution in [0.1, 0.15) is 6.92 Å². The molecule has 1 aromatic rings. The molecular weight excluding hydrogens is 246 g/mol. The molecule has 0 fully saturated rings. The van der Waals surface area contributed by atoms with E-state index in [1.54, 1.807) is 0 Å². The van der Waals surface area contributed by atoms with E-state index in [2.05, 4.69) is 5.32 Å². The molecule has 1 aromatic carbocycles. The molecular formula is C13H13N3OS. The zero-order valence-electron chi connectivity index (χ0n) is 10.2. The van der Waals surface area contributed by atoms with E-state index in [4.69, 9.17) is 15.3 Å². The third-order valence-electron chi connectivity index (χ3n) is 2.08. The molecule has 0 saturated carbocycles. The Kier molecular flexibility index (Phi) is 5.63. The third kappa shape index (κ3) is 3.73. The van der Waals surface area contributed by atoms with Gasteiger partial charge in [0.2, 0.25) is 0 Å². The molecule has 0 aliphatic rings. The van der Waals surface area contributed by atoms with Crippen molar-refractivity contribution in [3.05, 3.63) is 34.9 Å². The first-order valence-electron chi connectivity index (χ1n) is 5.33. The normalized spacial score (nSPS) is 8.89. The van der Waals surface area contributed by atoms with E-state index < -0.39 is 0 Å². The van der Waals surface area contributed by atoms with Gasteiger partial charge in [-0.25, -0.2) is 0 Å². The van der Waals surface area contributed by atoms with Crippen molar-refractivity contribution in [1.29, 1.82) is 10.5 Å². The van der Waals surface area contributed by atoms with E-state index in [9.17, 15) is 0 Å². The zero-order valence-corrected chi connectivity index (χ0v) is 11.0. The largest absolute Gasteiger partial charge is 0.494 e. The van der Waals surface area contributed by atoms with Gasteiger partial charge in [0.25, 0.3) is 0 Å². The van der Waals surface area contributed by atoms with Crippen molar-refractivity contribution in [2.24, 2.45) is 0 Å². The standard InChI is InChI=1S/C13H13N3OS/c1-3-17-12-6-4-11(5-7-12)16-13(18-2)10(8-14)9-15/h4-7,16H,3H2,1-2H3. The molecule has 18 heavy (non-hydrogen) atoms. The van der Waals surface area contributed by atoms with Gasteiger partial charge in [-0.15, -0.1) is 11.8 Å². The van der Waals surface area contributed by atoms with E-state index in [-0.39, 0.29) is 5.57 Å². The highest BCUT2D eigenvalue weighted by molar-refractivity contribution is 8.02. The van der Waals surface area contributed by atoms with Crippen LogP contribution in [-0.4, -0.2) is 12.9 Å². The SMILES string of the molecule is CCOc1ccc(NC(SC)=C(C#N)C#N)cc1. The third-order valence-corrected chi connectivity index (χ3v) is 2.79. The van der Waals surface area contributed by atoms with Gasteiger partial charge in [-0.3, -0.25) is 0 Å². The van der Waals surface area contributed by atoms with Gasteiger partial charge < -0.3 is 10.1 Å². The molecule has 4 nitrogen and oxygen atoms in total. The van der Waals surface area contributed by atoms with Crippen LogP contribution < -0.4 is 10.1 Å². The lowest BCUT2D eigenvalue weighted by Gasteiger charge is -2.09. The summed E-state index contributed by atoms with van der Waals surface area (Å²) in [5, 5.41) is 21.2. The van der Waals surface area contributed by atoms with Crippen molar-refractivity contribution in [2.75, 3.05) is 18.2 Å². The molecule has 0 saturated heterocycles. The molecule has 0 aromatic heterocycles. The molecule has 0 aliphatic heterocycles. The summed E-state index contributed by atoms with van der Waals surface area (Å²) in [6.45, 7) is 2.54. The smallest absolute Gasteiger partial charge is 0.159 e. The zero-order chi connectivity index (χ0) is 13.4. The van der Waals surface area contributed by atoms with Gasteiger partial charge in [0.15, 0.2) is 5.57 Å². The quantitative estimate of drug-likeness (QED) is 0.823. The van der Waals surface area contributed by atoms with Gasteiger partial charge in [-0.1, -0.05) is 0 Å². The van der Waals surface area contributed by atoms with E-state index in [0.29, 0.717) is 11.6 Å². The van der Waals surface area contributed by atoms with Crippen molar-refractivity contribution in [3.8, 4) is 17.9 Å². The second-order valence-corrected chi connectivity index (χ2v) is 4.03. The fourth-order valence-electron chi connectivity index (χ4n) is 1.27. The molecule has 0 radical (unpaired) electrons. The number of hydrogen-bond donors (Lipinski definition) is 1. The van der Waals surface area contributed by atoms with Crippen LogP contribution >= 0.6 is 11.8 Å². The van der Waals surface area contributed by atoms with Gasteiger partial charge >= 0.3 is 0 Å². The van der Waals surface area contributed by atoms with Gasteiger partial charge in [-0.05, 0) is 37.4 Å². The minimum atomic E-state index is 0.0800. The van der Waals surface area contributed by atoms with Crippen molar-refractivity contribution >= 4 is 17.4 Å². The number of nitrogens with zero attached hydrogens (tertiary/aromatic N) is 2. The lowest BCUT2D eigenvalue weighted by molar-refractivity contribution is 0.340. The Labute approximate surface area is 111 Å². The highest BCUT2D eigenvalue weighted by Gasteiger charge is 2.05. The monoisotopic (exact) mass is 259 g/mol. The Bertz CT molecular complexity index is 493. The first-order valence-corrected chi connectivity index (χ1v) is 6.56. The molecule has 0 aliphatic carbocycles. The molecule has 0 bridgehead atoms. The van der Waals surface area contributed by atoms with Crippen molar-refractivity contribution < 1.29 is 4.74 Å². The summed E-state index contributed by atoms with van der Waals surface area (Å²) in [5.74, 6) is 0.790. The predicted octanol–water partition coefficient (Wildman–Crippen LogP) is 3.12. The summed E-state index contributed by atoms with van der Waals surface area (Å²) >= 11 is 1.33. The minimum Gasteiger partial charge on any atom is -0.494 e. The fraction of sp³-hybridized carbons (Fsp3) is 0.231. The van der Waals surface area contributed by atoms with Crippen LogP contribution in [0.4, 0.5) is 5.69 Å². The molecule has 0 unspecified atom stereocenters. The summed E-state index contributed by atoms with van der Waals surface area (Å²) in [7, 11) is 0. The lowest BCUT2D eigenvalue weighted by Crippen LogP contribution is -1.99. The first-order chi connectivity index (χ1) is 8.74. The molecule has 0 amide bonds. The van der Waals surface area contributed by atoms with Crippen LogP contribution in [0.15, 0.2) is 34.9 Å². The average molecular weight is 259 g/mol. The molecule has 0 atom stereocenters. The Balaban J connectivity index is 2.87. The van der Waals surface area contributed by atoms with Gasteiger partial charge in [-0.2, -0.15) is 10.5 Å². The van der Waals surface area contributed by atoms with Gasteiger partial charge in [0.05, 0.1) is 6.61 Å². The van der Waals surface area contributed by atoms with Crippen molar-refractivity contribution in [1.82, 2.24) is 0 Å². The maximum atomic E-state index is 8.82. The number of ether oxygens (including phenoxy) is 1. The number of nitrogens with one attached hydrogen (secondary N) is 1. The van der Waals surface area contributed by atoms with Crippen molar-refractivity contribution in [2.45, 2.75) is 6.92 Å². The molecule has 0 spiro atoms. The Morgan fingerprint density at radius 1 is 1.28 bits per heavy atom. The Hall–Kier alpha value is -2.11. The van der Waals surface area contributed by atoms with E-state index in [1.165, 1.54) is 11.8 Å². The summed E-state index contributed by atoms with van der Waals surface area (Å²) in [6.07, 6.45) is 1.81. The van der Waals surface area contributed by atoms with E-state index >= 15 is 0 Å². The highest BCUT2D eigenvalue weighted by Crippen LogP contribution is 2.22. The molecule has 1 rings (SSSR count). The summed E-state index contributed by atoms with van der Waals surface area (Å²) < 4.78 is 5.33. The van der Waals surface area contributed by atoms with Crippen molar-refractivity contribution in [3.63, 3.8) is 0 Å². The second kappa shape index (κ2) is 7.26. The number of benzene rings is 1. The topological polar surface area (TPSA) is 68.8 Å². The van der Waals surface area contributed by atoms with Crippen LogP contribution in [-0.2, 0) is 0 Å². The number of hydrogen-bond acceptors (Lipinski definition) is 5. The molecule has 5 heteroatoms. The number of nitriles is 2. The highest BCUT2D eigenvalue weighted by atomic mass is 32.2. The summed E-state index contributed by atoms with van der Waals surface area (Å²) in [4.78, 5) is 0. The average Bonchev–Trinajstić information content (AvgIpc) is 2.41. The number of anilines is 1. The maximum Gasteiger partial charge on any atom is 0.159 e. The van der Waals surface area contributed by atoms with E-state index in [1.807, 2.05) is 49.6 Å². The van der Waals surface area contributed by atoms with Gasteiger partial charge in [0.1, 0.15) is 22.9 Å². The minimum absolute atomic E-state index is 0.0800. The fourth-order valence-corrected chi connectivity index (χ4v) is 1.79. The number of allylic oxidation sites excluding steroid dienone is 1. The van der Waals surface area contributed by atoms with Crippen LogP contribution in [0.2, 0.25) is 0 Å². The Morgan fingerprint density at radius 3 is 2.33 bits per heavy atom. The van der Waals surface area contributed by atoms with Crippen LogP contribution in [0.5, 0.6) is 5.75 Å². The summed E-state index contributed by atoms with van der Waals surface area (Å²) in [6, 6.07) is 11.1. The van der Waals surface area contributed by atoms with Crippen LogP contribution in [0, 0.1) is 22.7 Å². The van der Waals surface area contributed by atoms with Crippen LogP contribution in [0.25, 0.3) is 0 Å². The van der Waals surface area contributed by atoms with Crippen LogP contribution in [0.3, 0.4) is 0 Å². The first kappa shape index (κ1) is 14.0. The molecule has 1 N–H and O–H groups in total.